The quantitative estimate of drug-likeness (QED) is 0.769. The van der Waals surface area contributed by atoms with Crippen LogP contribution in [0.3, 0.4) is 0 Å². The van der Waals surface area contributed by atoms with Gasteiger partial charge in [-0.2, -0.15) is 10.2 Å². The van der Waals surface area contributed by atoms with Crippen LogP contribution in [-0.2, 0) is 0 Å². The molecule has 3 heteroatoms. The third kappa shape index (κ3) is 2.91. The zero-order valence-electron chi connectivity index (χ0n) is 10.0. The SMILES string of the molecule is CNc1ccc(/N=N/c2ccccc2)cc1C. The Morgan fingerprint density at radius 1 is 0.882 bits per heavy atom. The number of hydrogen-bond acceptors (Lipinski definition) is 3. The molecule has 17 heavy (non-hydrogen) atoms. The predicted molar refractivity (Wildman–Crippen MR) is 71.3 cm³/mol. The summed E-state index contributed by atoms with van der Waals surface area (Å²) in [6, 6.07) is 15.7. The summed E-state index contributed by atoms with van der Waals surface area (Å²) < 4.78 is 0. The van der Waals surface area contributed by atoms with E-state index in [1.54, 1.807) is 0 Å². The molecule has 2 aromatic rings. The highest BCUT2D eigenvalue weighted by Crippen LogP contribution is 2.23. The molecule has 0 fully saturated rings. The molecule has 0 aliphatic carbocycles. The van der Waals surface area contributed by atoms with Crippen LogP contribution >= 0.6 is 0 Å². The van der Waals surface area contributed by atoms with Crippen molar-refractivity contribution in [1.29, 1.82) is 0 Å². The molecule has 0 aliphatic rings. The highest BCUT2D eigenvalue weighted by molar-refractivity contribution is 5.56. The van der Waals surface area contributed by atoms with Crippen molar-refractivity contribution in [3.8, 4) is 0 Å². The summed E-state index contributed by atoms with van der Waals surface area (Å²) in [5.74, 6) is 0. The van der Waals surface area contributed by atoms with Gasteiger partial charge in [0.2, 0.25) is 0 Å². The van der Waals surface area contributed by atoms with Gasteiger partial charge in [0.15, 0.2) is 0 Å². The van der Waals surface area contributed by atoms with Crippen molar-refractivity contribution in [2.24, 2.45) is 10.2 Å². The minimum atomic E-state index is 0.864. The summed E-state index contributed by atoms with van der Waals surface area (Å²) in [7, 11) is 1.91. The van der Waals surface area contributed by atoms with Crippen LogP contribution in [0.25, 0.3) is 0 Å². The van der Waals surface area contributed by atoms with Crippen molar-refractivity contribution in [2.45, 2.75) is 6.92 Å². The molecule has 0 aliphatic heterocycles. The lowest BCUT2D eigenvalue weighted by atomic mass is 10.2. The Labute approximate surface area is 101 Å². The molecule has 0 heterocycles. The maximum absolute atomic E-state index is 4.21. The molecule has 0 unspecified atom stereocenters. The largest absolute Gasteiger partial charge is 0.388 e. The Kier molecular flexibility index (Phi) is 3.50. The molecule has 2 rings (SSSR count). The number of nitrogens with one attached hydrogen (secondary N) is 1. The smallest absolute Gasteiger partial charge is 0.0861 e. The van der Waals surface area contributed by atoms with Crippen molar-refractivity contribution in [3.05, 3.63) is 54.1 Å². The van der Waals surface area contributed by atoms with E-state index in [1.807, 2.05) is 62.5 Å². The van der Waals surface area contributed by atoms with Crippen molar-refractivity contribution < 1.29 is 0 Å². The van der Waals surface area contributed by atoms with Crippen molar-refractivity contribution in [2.75, 3.05) is 12.4 Å². The molecule has 0 radical (unpaired) electrons. The molecule has 86 valence electrons. The molecule has 0 bridgehead atoms. The van der Waals surface area contributed by atoms with E-state index in [9.17, 15) is 0 Å². The molecular weight excluding hydrogens is 210 g/mol. The Bertz CT molecular complexity index is 518. The predicted octanol–water partition coefficient (Wildman–Crippen LogP) is 4.45. The van der Waals surface area contributed by atoms with E-state index in [0.717, 1.165) is 22.6 Å². The lowest BCUT2D eigenvalue weighted by molar-refractivity contribution is 1.22. The fourth-order valence-corrected chi connectivity index (χ4v) is 1.60. The first-order valence-corrected chi connectivity index (χ1v) is 5.55. The summed E-state index contributed by atoms with van der Waals surface area (Å²) in [6.07, 6.45) is 0. The van der Waals surface area contributed by atoms with Crippen LogP contribution in [0.1, 0.15) is 5.56 Å². The summed E-state index contributed by atoms with van der Waals surface area (Å²) >= 11 is 0. The van der Waals surface area contributed by atoms with E-state index in [0.29, 0.717) is 0 Å². The normalized spacial score (nSPS) is 10.7. The van der Waals surface area contributed by atoms with Crippen LogP contribution in [0.5, 0.6) is 0 Å². The molecule has 3 nitrogen and oxygen atoms in total. The van der Waals surface area contributed by atoms with Crippen molar-refractivity contribution >= 4 is 17.1 Å². The fraction of sp³-hybridized carbons (Fsp3) is 0.143. The van der Waals surface area contributed by atoms with Gasteiger partial charge in [-0.3, -0.25) is 0 Å². The van der Waals surface area contributed by atoms with Gasteiger partial charge in [-0.25, -0.2) is 0 Å². The minimum Gasteiger partial charge on any atom is -0.388 e. The van der Waals surface area contributed by atoms with Gasteiger partial charge in [0, 0.05) is 12.7 Å². The summed E-state index contributed by atoms with van der Waals surface area (Å²) in [5.41, 5.74) is 4.01. The van der Waals surface area contributed by atoms with Crippen molar-refractivity contribution in [1.82, 2.24) is 0 Å². The average molecular weight is 225 g/mol. The molecule has 2 aromatic carbocycles. The van der Waals surface area contributed by atoms with Gasteiger partial charge in [-0.1, -0.05) is 18.2 Å². The van der Waals surface area contributed by atoms with Gasteiger partial charge in [0.1, 0.15) is 0 Å². The van der Waals surface area contributed by atoms with E-state index >= 15 is 0 Å². The Morgan fingerprint density at radius 3 is 2.24 bits per heavy atom. The first-order chi connectivity index (χ1) is 8.29. The van der Waals surface area contributed by atoms with Crippen LogP contribution in [0.4, 0.5) is 17.1 Å². The van der Waals surface area contributed by atoms with E-state index in [1.165, 1.54) is 0 Å². The number of hydrogen-bond donors (Lipinski definition) is 1. The summed E-state index contributed by atoms with van der Waals surface area (Å²) in [6.45, 7) is 2.05. The Balaban J connectivity index is 2.19. The molecule has 0 amide bonds. The van der Waals surface area contributed by atoms with Gasteiger partial charge in [0.05, 0.1) is 11.4 Å². The third-order valence-corrected chi connectivity index (χ3v) is 2.52. The highest BCUT2D eigenvalue weighted by Gasteiger charge is 1.96. The first-order valence-electron chi connectivity index (χ1n) is 5.55. The zero-order chi connectivity index (χ0) is 12.1. The number of nitrogens with zero attached hydrogens (tertiary/aromatic N) is 2. The number of benzene rings is 2. The molecule has 0 aromatic heterocycles. The monoisotopic (exact) mass is 225 g/mol. The molecule has 0 atom stereocenters. The Hall–Kier alpha value is -2.16. The summed E-state index contributed by atoms with van der Waals surface area (Å²) in [5, 5.41) is 11.5. The second kappa shape index (κ2) is 5.25. The topological polar surface area (TPSA) is 36.8 Å². The minimum absolute atomic E-state index is 0.864. The lowest BCUT2D eigenvalue weighted by Crippen LogP contribution is -1.89. The van der Waals surface area contributed by atoms with Gasteiger partial charge in [-0.15, -0.1) is 0 Å². The highest BCUT2D eigenvalue weighted by atomic mass is 15.1. The number of rotatable bonds is 3. The van der Waals surface area contributed by atoms with E-state index in [2.05, 4.69) is 15.5 Å². The van der Waals surface area contributed by atoms with Crippen LogP contribution in [0.2, 0.25) is 0 Å². The number of aryl methyl sites for hydroxylation is 1. The zero-order valence-corrected chi connectivity index (χ0v) is 10.0. The van der Waals surface area contributed by atoms with Crippen LogP contribution < -0.4 is 5.32 Å². The fourth-order valence-electron chi connectivity index (χ4n) is 1.60. The second-order valence-corrected chi connectivity index (χ2v) is 3.78. The van der Waals surface area contributed by atoms with E-state index in [4.69, 9.17) is 0 Å². The van der Waals surface area contributed by atoms with Gasteiger partial charge in [-0.05, 0) is 42.8 Å². The average Bonchev–Trinajstić information content (AvgIpc) is 2.38. The maximum Gasteiger partial charge on any atom is 0.0861 e. The van der Waals surface area contributed by atoms with E-state index in [-0.39, 0.29) is 0 Å². The van der Waals surface area contributed by atoms with Gasteiger partial charge < -0.3 is 5.32 Å². The first kappa shape index (κ1) is 11.3. The molecule has 0 saturated heterocycles. The maximum atomic E-state index is 4.21. The standard InChI is InChI=1S/C14H15N3/c1-11-10-13(8-9-14(11)15-2)17-16-12-6-4-3-5-7-12/h3-10,15H,1-2H3/b17-16+. The van der Waals surface area contributed by atoms with Gasteiger partial charge in [0.25, 0.3) is 0 Å². The molecule has 0 spiro atoms. The van der Waals surface area contributed by atoms with E-state index < -0.39 is 0 Å². The molecule has 1 N–H and O–H groups in total. The number of anilines is 1. The van der Waals surface area contributed by atoms with Crippen LogP contribution in [-0.4, -0.2) is 7.05 Å². The van der Waals surface area contributed by atoms with Crippen LogP contribution in [0.15, 0.2) is 58.8 Å². The Morgan fingerprint density at radius 2 is 1.59 bits per heavy atom. The lowest BCUT2D eigenvalue weighted by Gasteiger charge is -2.04. The molecule has 0 saturated carbocycles. The second-order valence-electron chi connectivity index (χ2n) is 3.78. The van der Waals surface area contributed by atoms with Crippen LogP contribution in [0, 0.1) is 6.92 Å². The van der Waals surface area contributed by atoms with Gasteiger partial charge >= 0.3 is 0 Å². The third-order valence-electron chi connectivity index (χ3n) is 2.52. The molecular formula is C14H15N3. The summed E-state index contributed by atoms with van der Waals surface area (Å²) in [4.78, 5) is 0. The van der Waals surface area contributed by atoms with Crippen molar-refractivity contribution in [3.63, 3.8) is 0 Å². The number of azo groups is 1.